The first-order valence-corrected chi connectivity index (χ1v) is 4.64. The van der Waals surface area contributed by atoms with Gasteiger partial charge >= 0.3 is 0 Å². The lowest BCUT2D eigenvalue weighted by Crippen LogP contribution is -2.52. The summed E-state index contributed by atoms with van der Waals surface area (Å²) in [5, 5.41) is 13.5. The van der Waals surface area contributed by atoms with Crippen LogP contribution in [0.2, 0.25) is 0 Å². The van der Waals surface area contributed by atoms with Crippen molar-refractivity contribution in [2.24, 2.45) is 5.92 Å². The normalized spacial score (nSPS) is 50.7. The van der Waals surface area contributed by atoms with Gasteiger partial charge in [0.2, 0.25) is 0 Å². The molecular formula is C9H17NO. The highest BCUT2D eigenvalue weighted by molar-refractivity contribution is 4.96. The minimum Gasteiger partial charge on any atom is -0.390 e. The first kappa shape index (κ1) is 7.56. The van der Waals surface area contributed by atoms with Crippen molar-refractivity contribution in [1.29, 1.82) is 0 Å². The van der Waals surface area contributed by atoms with E-state index in [2.05, 4.69) is 12.2 Å². The Balaban J connectivity index is 2.09. The van der Waals surface area contributed by atoms with Gasteiger partial charge in [-0.3, -0.25) is 0 Å². The van der Waals surface area contributed by atoms with E-state index < -0.39 is 0 Å². The number of rotatable bonds is 0. The maximum Gasteiger partial charge on any atom is 0.0677 e. The zero-order valence-electron chi connectivity index (χ0n) is 7.14. The molecule has 2 N–H and O–H groups in total. The van der Waals surface area contributed by atoms with Gasteiger partial charge in [0, 0.05) is 6.04 Å². The maximum atomic E-state index is 10.0. The smallest absolute Gasteiger partial charge is 0.0677 e. The molecule has 0 aromatic heterocycles. The van der Waals surface area contributed by atoms with Gasteiger partial charge in [-0.1, -0.05) is 6.92 Å². The second-order valence-electron chi connectivity index (χ2n) is 4.37. The van der Waals surface area contributed by atoms with Gasteiger partial charge in [-0.25, -0.2) is 0 Å². The van der Waals surface area contributed by atoms with E-state index in [0.29, 0.717) is 12.0 Å². The number of nitrogens with one attached hydrogen (secondary N) is 1. The maximum absolute atomic E-state index is 10.0. The molecule has 2 heteroatoms. The molecule has 0 radical (unpaired) electrons. The molecule has 2 nitrogen and oxygen atoms in total. The van der Waals surface area contributed by atoms with Crippen LogP contribution in [-0.4, -0.2) is 23.3 Å². The van der Waals surface area contributed by atoms with E-state index in [1.807, 2.05) is 0 Å². The first-order chi connectivity index (χ1) is 5.18. The lowest BCUT2D eigenvalue weighted by Gasteiger charge is -2.44. The highest BCUT2D eigenvalue weighted by Crippen LogP contribution is 2.36. The van der Waals surface area contributed by atoms with Crippen LogP contribution in [0.15, 0.2) is 0 Å². The molecule has 1 aliphatic carbocycles. The first-order valence-electron chi connectivity index (χ1n) is 4.64. The molecule has 0 aromatic carbocycles. The summed E-state index contributed by atoms with van der Waals surface area (Å²) >= 11 is 0. The highest BCUT2D eigenvalue weighted by Gasteiger charge is 2.39. The van der Waals surface area contributed by atoms with Crippen LogP contribution in [0.1, 0.15) is 32.6 Å². The third-order valence-electron chi connectivity index (χ3n) is 3.07. The van der Waals surface area contributed by atoms with Crippen LogP contribution in [0.3, 0.4) is 0 Å². The van der Waals surface area contributed by atoms with Gasteiger partial charge in [0.05, 0.1) is 5.60 Å². The molecule has 0 amide bonds. The van der Waals surface area contributed by atoms with E-state index in [1.54, 1.807) is 0 Å². The molecule has 1 saturated carbocycles. The van der Waals surface area contributed by atoms with Gasteiger partial charge in [-0.2, -0.15) is 0 Å². The minimum atomic E-state index is -0.312. The number of fused-ring (bicyclic) bond motifs is 2. The summed E-state index contributed by atoms with van der Waals surface area (Å²) in [7, 11) is 0. The number of hydrogen-bond acceptors (Lipinski definition) is 2. The third kappa shape index (κ3) is 1.42. The van der Waals surface area contributed by atoms with Crippen LogP contribution < -0.4 is 5.32 Å². The van der Waals surface area contributed by atoms with Crippen molar-refractivity contribution in [2.75, 3.05) is 6.54 Å². The van der Waals surface area contributed by atoms with Gasteiger partial charge in [0.25, 0.3) is 0 Å². The Labute approximate surface area is 68.0 Å². The molecule has 3 atom stereocenters. The van der Waals surface area contributed by atoms with E-state index in [0.717, 1.165) is 25.8 Å². The summed E-state index contributed by atoms with van der Waals surface area (Å²) in [5.41, 5.74) is -0.312. The largest absolute Gasteiger partial charge is 0.390 e. The predicted octanol–water partition coefficient (Wildman–Crippen LogP) is 0.899. The molecule has 0 aromatic rings. The Morgan fingerprint density at radius 1 is 1.45 bits per heavy atom. The second kappa shape index (κ2) is 2.46. The minimum absolute atomic E-state index is 0.312. The Morgan fingerprint density at radius 3 is 3.00 bits per heavy atom. The average molecular weight is 155 g/mol. The van der Waals surface area contributed by atoms with E-state index in [4.69, 9.17) is 0 Å². The predicted molar refractivity (Wildman–Crippen MR) is 44.4 cm³/mol. The summed E-state index contributed by atoms with van der Waals surface area (Å²) < 4.78 is 0. The van der Waals surface area contributed by atoms with Crippen LogP contribution >= 0.6 is 0 Å². The van der Waals surface area contributed by atoms with Crippen molar-refractivity contribution < 1.29 is 5.11 Å². The molecule has 2 rings (SSSR count). The second-order valence-corrected chi connectivity index (χ2v) is 4.37. The summed E-state index contributed by atoms with van der Waals surface area (Å²) in [6.07, 6.45) is 4.21. The van der Waals surface area contributed by atoms with Gasteiger partial charge in [0.15, 0.2) is 0 Å². The van der Waals surface area contributed by atoms with Crippen LogP contribution in [-0.2, 0) is 0 Å². The number of piperidine rings is 1. The SMILES string of the molecule is CC1CC2CC(O)(CCN2)C1. The molecule has 1 aliphatic heterocycles. The average Bonchev–Trinajstić information content (AvgIpc) is 1.82. The van der Waals surface area contributed by atoms with E-state index in [1.165, 1.54) is 6.42 Å². The van der Waals surface area contributed by atoms with Crippen molar-refractivity contribution in [3.8, 4) is 0 Å². The molecule has 2 bridgehead atoms. The topological polar surface area (TPSA) is 32.3 Å². The fourth-order valence-electron chi connectivity index (χ4n) is 2.71. The van der Waals surface area contributed by atoms with Crippen LogP contribution in [0.25, 0.3) is 0 Å². The zero-order valence-corrected chi connectivity index (χ0v) is 7.14. The van der Waals surface area contributed by atoms with Gasteiger partial charge in [0.1, 0.15) is 0 Å². The van der Waals surface area contributed by atoms with E-state index in [-0.39, 0.29) is 5.60 Å². The van der Waals surface area contributed by atoms with Gasteiger partial charge in [-0.05, 0) is 38.1 Å². The summed E-state index contributed by atoms with van der Waals surface area (Å²) in [6, 6.07) is 0.595. The summed E-state index contributed by atoms with van der Waals surface area (Å²) in [4.78, 5) is 0. The molecule has 11 heavy (non-hydrogen) atoms. The lowest BCUT2D eigenvalue weighted by atomic mass is 9.72. The van der Waals surface area contributed by atoms with Crippen molar-refractivity contribution >= 4 is 0 Å². The van der Waals surface area contributed by atoms with E-state index >= 15 is 0 Å². The van der Waals surface area contributed by atoms with Crippen LogP contribution in [0.5, 0.6) is 0 Å². The fourth-order valence-corrected chi connectivity index (χ4v) is 2.71. The number of hydrogen-bond donors (Lipinski definition) is 2. The molecule has 1 saturated heterocycles. The quantitative estimate of drug-likeness (QED) is 0.544. The fraction of sp³-hybridized carbons (Fsp3) is 1.00. The Bertz CT molecular complexity index is 156. The molecule has 2 aliphatic rings. The highest BCUT2D eigenvalue weighted by atomic mass is 16.3. The summed E-state index contributed by atoms with van der Waals surface area (Å²) in [5.74, 6) is 0.701. The van der Waals surface area contributed by atoms with E-state index in [9.17, 15) is 5.11 Å². The monoisotopic (exact) mass is 155 g/mol. The Morgan fingerprint density at radius 2 is 2.27 bits per heavy atom. The molecular weight excluding hydrogens is 138 g/mol. The lowest BCUT2D eigenvalue weighted by molar-refractivity contribution is -0.0495. The van der Waals surface area contributed by atoms with Crippen LogP contribution in [0.4, 0.5) is 0 Å². The molecule has 3 unspecified atom stereocenters. The molecule has 2 fully saturated rings. The summed E-state index contributed by atoms with van der Waals surface area (Å²) in [6.45, 7) is 3.25. The van der Waals surface area contributed by atoms with Crippen molar-refractivity contribution in [1.82, 2.24) is 5.32 Å². The standard InChI is InChI=1S/C9H17NO/c1-7-4-8-6-9(11,5-7)2-3-10-8/h7-8,10-11H,2-6H2,1H3. The van der Waals surface area contributed by atoms with Gasteiger partial charge in [-0.15, -0.1) is 0 Å². The van der Waals surface area contributed by atoms with Crippen molar-refractivity contribution in [3.63, 3.8) is 0 Å². The van der Waals surface area contributed by atoms with Crippen LogP contribution in [0, 0.1) is 5.92 Å². The number of aliphatic hydroxyl groups is 1. The molecule has 64 valence electrons. The van der Waals surface area contributed by atoms with Crippen molar-refractivity contribution in [3.05, 3.63) is 0 Å². The molecule has 0 spiro atoms. The van der Waals surface area contributed by atoms with Gasteiger partial charge < -0.3 is 10.4 Å². The Hall–Kier alpha value is -0.0800. The Kier molecular flexibility index (Phi) is 1.69. The molecule has 1 heterocycles. The zero-order chi connectivity index (χ0) is 7.90. The van der Waals surface area contributed by atoms with Crippen molar-refractivity contribution in [2.45, 2.75) is 44.2 Å². The third-order valence-corrected chi connectivity index (χ3v) is 3.07.